The number of hydrogen-bond acceptors (Lipinski definition) is 4. The van der Waals surface area contributed by atoms with E-state index in [0.29, 0.717) is 6.54 Å². The third-order valence-electron chi connectivity index (χ3n) is 2.91. The van der Waals surface area contributed by atoms with E-state index in [1.54, 1.807) is 4.90 Å². The molecule has 6 nitrogen and oxygen atoms in total. The molecule has 1 aliphatic rings. The quantitative estimate of drug-likeness (QED) is 0.795. The van der Waals surface area contributed by atoms with Gasteiger partial charge in [-0.1, -0.05) is 6.08 Å². The fourth-order valence-electron chi connectivity index (χ4n) is 2.08. The van der Waals surface area contributed by atoms with E-state index in [9.17, 15) is 4.79 Å². The Morgan fingerprint density at radius 3 is 3.06 bits per heavy atom. The second-order valence-corrected chi connectivity index (χ2v) is 4.10. The Morgan fingerprint density at radius 2 is 2.50 bits per heavy atom. The average molecular weight is 245 g/mol. The Balaban J connectivity index is 2.04. The van der Waals surface area contributed by atoms with Crippen molar-refractivity contribution in [1.29, 1.82) is 5.26 Å². The molecule has 0 fully saturated rings. The lowest BCUT2D eigenvalue weighted by Gasteiger charge is -2.22. The van der Waals surface area contributed by atoms with E-state index >= 15 is 0 Å². The van der Waals surface area contributed by atoms with Gasteiger partial charge in [0.25, 0.3) is 5.82 Å². The maximum atomic E-state index is 12.1. The molecule has 0 bridgehead atoms. The number of amides is 1. The van der Waals surface area contributed by atoms with Gasteiger partial charge < -0.3 is 4.90 Å². The number of nitriles is 1. The second kappa shape index (κ2) is 5.45. The minimum absolute atomic E-state index is 0.0139. The Kier molecular flexibility index (Phi) is 3.72. The summed E-state index contributed by atoms with van der Waals surface area (Å²) in [6.07, 6.45) is 6.64. The average Bonchev–Trinajstić information content (AvgIpc) is 3.01. The molecule has 18 heavy (non-hydrogen) atoms. The SMILES string of the molecule is CCN(C(=O)Cn1cnc(C#N)n1)C1=CCCC1. The minimum Gasteiger partial charge on any atom is -0.315 e. The molecular weight excluding hydrogens is 230 g/mol. The van der Waals surface area contributed by atoms with Gasteiger partial charge in [-0.15, -0.1) is 5.10 Å². The van der Waals surface area contributed by atoms with Crippen molar-refractivity contribution in [2.24, 2.45) is 0 Å². The van der Waals surface area contributed by atoms with Crippen molar-refractivity contribution in [1.82, 2.24) is 19.7 Å². The summed E-state index contributed by atoms with van der Waals surface area (Å²) in [5.74, 6) is 0.0750. The predicted octanol–water partition coefficient (Wildman–Crippen LogP) is 1.07. The standard InChI is InChI=1S/C12H15N5O/c1-2-17(10-5-3-4-6-10)12(18)8-16-9-14-11(7-13)15-16/h5,9H,2-4,6,8H2,1H3. The van der Waals surface area contributed by atoms with Crippen LogP contribution in [0.3, 0.4) is 0 Å². The van der Waals surface area contributed by atoms with Gasteiger partial charge in [-0.25, -0.2) is 9.67 Å². The smallest absolute Gasteiger partial charge is 0.252 e. The molecule has 0 spiro atoms. The van der Waals surface area contributed by atoms with Gasteiger partial charge in [-0.05, 0) is 26.2 Å². The first kappa shape index (κ1) is 12.3. The van der Waals surface area contributed by atoms with Crippen LogP contribution in [0.15, 0.2) is 18.1 Å². The van der Waals surface area contributed by atoms with Gasteiger partial charge >= 0.3 is 0 Å². The van der Waals surface area contributed by atoms with Gasteiger partial charge in [-0.2, -0.15) is 5.26 Å². The molecule has 1 amide bonds. The van der Waals surface area contributed by atoms with Crippen LogP contribution in [0.25, 0.3) is 0 Å². The number of carbonyl (C=O) groups excluding carboxylic acids is 1. The van der Waals surface area contributed by atoms with Crippen molar-refractivity contribution in [3.8, 4) is 6.07 Å². The molecular formula is C12H15N5O. The summed E-state index contributed by atoms with van der Waals surface area (Å²) in [5, 5.41) is 12.5. The summed E-state index contributed by atoms with van der Waals surface area (Å²) < 4.78 is 1.40. The lowest BCUT2D eigenvalue weighted by Crippen LogP contribution is -2.32. The fourth-order valence-corrected chi connectivity index (χ4v) is 2.08. The first-order valence-corrected chi connectivity index (χ1v) is 6.03. The van der Waals surface area contributed by atoms with Crippen LogP contribution in [0.2, 0.25) is 0 Å². The van der Waals surface area contributed by atoms with Gasteiger partial charge in [0.05, 0.1) is 0 Å². The van der Waals surface area contributed by atoms with Gasteiger partial charge in [0, 0.05) is 12.2 Å². The molecule has 0 aliphatic heterocycles. The number of aromatic nitrogens is 3. The van der Waals surface area contributed by atoms with Gasteiger partial charge in [0.1, 0.15) is 18.9 Å². The highest BCUT2D eigenvalue weighted by molar-refractivity contribution is 5.77. The lowest BCUT2D eigenvalue weighted by molar-refractivity contribution is -0.130. The lowest BCUT2D eigenvalue weighted by atomic mass is 10.3. The van der Waals surface area contributed by atoms with Crippen molar-refractivity contribution in [2.45, 2.75) is 32.7 Å². The highest BCUT2D eigenvalue weighted by Crippen LogP contribution is 2.21. The highest BCUT2D eigenvalue weighted by atomic mass is 16.2. The zero-order valence-corrected chi connectivity index (χ0v) is 10.3. The number of carbonyl (C=O) groups is 1. The number of nitrogens with zero attached hydrogens (tertiary/aromatic N) is 5. The molecule has 1 aromatic heterocycles. The topological polar surface area (TPSA) is 74.8 Å². The Morgan fingerprint density at radius 1 is 1.67 bits per heavy atom. The van der Waals surface area contributed by atoms with E-state index < -0.39 is 0 Å². The van der Waals surface area contributed by atoms with Crippen LogP contribution in [0.4, 0.5) is 0 Å². The van der Waals surface area contributed by atoms with Crippen molar-refractivity contribution in [2.75, 3.05) is 6.54 Å². The molecule has 1 aliphatic carbocycles. The molecule has 0 N–H and O–H groups in total. The van der Waals surface area contributed by atoms with Crippen LogP contribution in [0.5, 0.6) is 0 Å². The van der Waals surface area contributed by atoms with Crippen molar-refractivity contribution in [3.05, 3.63) is 23.9 Å². The monoisotopic (exact) mass is 245 g/mol. The summed E-state index contributed by atoms with van der Waals surface area (Å²) in [6, 6.07) is 1.84. The van der Waals surface area contributed by atoms with E-state index in [0.717, 1.165) is 25.0 Å². The molecule has 0 unspecified atom stereocenters. The molecule has 1 heterocycles. The van der Waals surface area contributed by atoms with Crippen molar-refractivity contribution in [3.63, 3.8) is 0 Å². The molecule has 0 atom stereocenters. The zero-order chi connectivity index (χ0) is 13.0. The van der Waals surface area contributed by atoms with Crippen molar-refractivity contribution < 1.29 is 4.79 Å². The van der Waals surface area contributed by atoms with Crippen LogP contribution in [0, 0.1) is 11.3 Å². The Hall–Kier alpha value is -2.16. The normalized spacial score (nSPS) is 14.1. The first-order valence-electron chi connectivity index (χ1n) is 6.03. The summed E-state index contributed by atoms with van der Waals surface area (Å²) in [5.41, 5.74) is 1.10. The molecule has 0 aromatic carbocycles. The number of rotatable bonds is 4. The van der Waals surface area contributed by atoms with Crippen LogP contribution in [0.1, 0.15) is 32.0 Å². The van der Waals surface area contributed by atoms with E-state index in [1.165, 1.54) is 11.0 Å². The largest absolute Gasteiger partial charge is 0.315 e. The summed E-state index contributed by atoms with van der Waals surface area (Å²) in [7, 11) is 0. The number of likely N-dealkylation sites (N-methyl/N-ethyl adjacent to an activating group) is 1. The molecule has 94 valence electrons. The third-order valence-corrected chi connectivity index (χ3v) is 2.91. The summed E-state index contributed by atoms with van der Waals surface area (Å²) in [4.78, 5) is 17.7. The Labute approximate surface area is 106 Å². The van der Waals surface area contributed by atoms with Gasteiger partial charge in [0.2, 0.25) is 5.91 Å². The van der Waals surface area contributed by atoms with Crippen LogP contribution in [-0.4, -0.2) is 32.1 Å². The van der Waals surface area contributed by atoms with E-state index in [1.807, 2.05) is 13.0 Å². The first-order chi connectivity index (χ1) is 8.74. The third kappa shape index (κ3) is 2.56. The van der Waals surface area contributed by atoms with Crippen molar-refractivity contribution >= 4 is 5.91 Å². The van der Waals surface area contributed by atoms with Crippen LogP contribution >= 0.6 is 0 Å². The second-order valence-electron chi connectivity index (χ2n) is 4.10. The van der Waals surface area contributed by atoms with E-state index in [-0.39, 0.29) is 18.3 Å². The molecule has 1 aromatic rings. The fraction of sp³-hybridized carbons (Fsp3) is 0.500. The van der Waals surface area contributed by atoms with E-state index in [4.69, 9.17) is 5.26 Å². The predicted molar refractivity (Wildman–Crippen MR) is 64.1 cm³/mol. The Bertz CT molecular complexity index is 511. The molecule has 0 radical (unpaired) electrons. The summed E-state index contributed by atoms with van der Waals surface area (Å²) >= 11 is 0. The minimum atomic E-state index is -0.0139. The van der Waals surface area contributed by atoms with E-state index in [2.05, 4.69) is 16.2 Å². The maximum absolute atomic E-state index is 12.1. The zero-order valence-electron chi connectivity index (χ0n) is 10.3. The van der Waals surface area contributed by atoms with Crippen LogP contribution in [-0.2, 0) is 11.3 Å². The molecule has 0 saturated heterocycles. The van der Waals surface area contributed by atoms with Gasteiger partial charge in [0.15, 0.2) is 0 Å². The maximum Gasteiger partial charge on any atom is 0.252 e. The summed E-state index contributed by atoms with van der Waals surface area (Å²) in [6.45, 7) is 2.74. The van der Waals surface area contributed by atoms with Gasteiger partial charge in [-0.3, -0.25) is 4.79 Å². The molecule has 6 heteroatoms. The van der Waals surface area contributed by atoms with Crippen LogP contribution < -0.4 is 0 Å². The molecule has 2 rings (SSSR count). The highest BCUT2D eigenvalue weighted by Gasteiger charge is 2.19. The number of allylic oxidation sites excluding steroid dienone is 2. The number of hydrogen-bond donors (Lipinski definition) is 0. The molecule has 0 saturated carbocycles.